The third kappa shape index (κ3) is 1.84. The number of nitrogens with zero attached hydrogens (tertiary/aromatic N) is 2. The van der Waals surface area contributed by atoms with Crippen LogP contribution in [-0.2, 0) is 0 Å². The number of carbonyl (C=O) groups excluding carboxylic acids is 1. The smallest absolute Gasteiger partial charge is 0.336 e. The number of hydrogen-bond donors (Lipinski definition) is 3. The van der Waals surface area contributed by atoms with Crippen LogP contribution in [0.4, 0.5) is 10.7 Å². The molecule has 66 valence electrons. The van der Waals surface area contributed by atoms with Gasteiger partial charge in [0, 0.05) is 7.05 Å². The van der Waals surface area contributed by atoms with Gasteiger partial charge >= 0.3 is 12.0 Å². The predicted molar refractivity (Wildman–Crippen MR) is 41.0 cm³/mol. The zero-order chi connectivity index (χ0) is 8.97. The topological polar surface area (TPSA) is 91.9 Å². The highest BCUT2D eigenvalue weighted by atomic mass is 16.5. The Morgan fingerprint density at radius 1 is 1.67 bits per heavy atom. The average Bonchev–Trinajstić information content (AvgIpc) is 2.52. The minimum atomic E-state index is -0.367. The minimum absolute atomic E-state index is 0.182. The molecule has 1 heterocycles. The van der Waals surface area contributed by atoms with Gasteiger partial charge in [-0.1, -0.05) is 0 Å². The summed E-state index contributed by atoms with van der Waals surface area (Å²) in [4.78, 5) is 14.5. The third-order valence-electron chi connectivity index (χ3n) is 1.11. The van der Waals surface area contributed by atoms with Crippen LogP contribution < -0.4 is 15.4 Å². The van der Waals surface area contributed by atoms with Gasteiger partial charge in [-0.2, -0.15) is 4.98 Å². The Balaban J connectivity index is 2.58. The van der Waals surface area contributed by atoms with E-state index in [4.69, 9.17) is 0 Å². The Morgan fingerprint density at radius 2 is 2.42 bits per heavy atom. The van der Waals surface area contributed by atoms with Crippen molar-refractivity contribution in [2.24, 2.45) is 0 Å². The highest BCUT2D eigenvalue weighted by Crippen LogP contribution is 2.03. The fraction of sp³-hybridized carbons (Fsp3) is 0.400. The van der Waals surface area contributed by atoms with E-state index in [0.717, 1.165) is 0 Å². The van der Waals surface area contributed by atoms with Crippen LogP contribution in [0.15, 0.2) is 0 Å². The molecule has 0 unspecified atom stereocenters. The van der Waals surface area contributed by atoms with Crippen LogP contribution in [-0.4, -0.2) is 35.4 Å². The van der Waals surface area contributed by atoms with Crippen molar-refractivity contribution in [1.82, 2.24) is 20.5 Å². The van der Waals surface area contributed by atoms with Crippen LogP contribution in [0.1, 0.15) is 0 Å². The molecule has 0 radical (unpaired) electrons. The molecule has 0 saturated carbocycles. The van der Waals surface area contributed by atoms with Crippen LogP contribution in [0.25, 0.3) is 0 Å². The summed E-state index contributed by atoms with van der Waals surface area (Å²) in [5.41, 5.74) is 0. The van der Waals surface area contributed by atoms with E-state index in [2.05, 4.69) is 30.6 Å². The van der Waals surface area contributed by atoms with E-state index in [1.54, 1.807) is 0 Å². The Morgan fingerprint density at radius 3 is 2.92 bits per heavy atom. The van der Waals surface area contributed by atoms with Gasteiger partial charge in [-0.3, -0.25) is 5.32 Å². The number of methoxy groups -OCH3 is 1. The molecule has 12 heavy (non-hydrogen) atoms. The molecule has 1 rings (SSSR count). The SMILES string of the molecule is CNC(=O)Nc1nc(OC)n[nH]1. The predicted octanol–water partition coefficient (Wildman–Crippen LogP) is -0.435. The van der Waals surface area contributed by atoms with Gasteiger partial charge in [-0.15, -0.1) is 5.10 Å². The van der Waals surface area contributed by atoms with Crippen LogP contribution in [0, 0.1) is 0 Å². The molecule has 0 atom stereocenters. The van der Waals surface area contributed by atoms with Gasteiger partial charge in [0.1, 0.15) is 0 Å². The molecule has 0 aromatic carbocycles. The first kappa shape index (κ1) is 8.31. The second-order valence-corrected chi connectivity index (χ2v) is 1.87. The van der Waals surface area contributed by atoms with Crippen molar-refractivity contribution in [2.45, 2.75) is 0 Å². The van der Waals surface area contributed by atoms with E-state index in [1.165, 1.54) is 14.2 Å². The molecule has 1 aromatic heterocycles. The average molecular weight is 171 g/mol. The molecule has 0 bridgehead atoms. The highest BCUT2D eigenvalue weighted by Gasteiger charge is 2.04. The summed E-state index contributed by atoms with van der Waals surface area (Å²) in [6, 6.07) is -0.185. The number of urea groups is 1. The summed E-state index contributed by atoms with van der Waals surface area (Å²) >= 11 is 0. The van der Waals surface area contributed by atoms with Crippen LogP contribution in [0.2, 0.25) is 0 Å². The number of anilines is 1. The summed E-state index contributed by atoms with van der Waals surface area (Å²) in [6.45, 7) is 0. The van der Waals surface area contributed by atoms with Crippen molar-refractivity contribution < 1.29 is 9.53 Å². The van der Waals surface area contributed by atoms with Gasteiger partial charge in [0.05, 0.1) is 7.11 Å². The van der Waals surface area contributed by atoms with Crippen LogP contribution >= 0.6 is 0 Å². The number of aromatic amines is 1. The molecule has 0 spiro atoms. The van der Waals surface area contributed by atoms with Gasteiger partial charge in [0.15, 0.2) is 0 Å². The lowest BCUT2D eigenvalue weighted by molar-refractivity contribution is 0.254. The molecule has 7 nitrogen and oxygen atoms in total. The van der Waals surface area contributed by atoms with E-state index in [9.17, 15) is 4.79 Å². The highest BCUT2D eigenvalue weighted by molar-refractivity contribution is 5.86. The van der Waals surface area contributed by atoms with Gasteiger partial charge in [-0.05, 0) is 0 Å². The summed E-state index contributed by atoms with van der Waals surface area (Å²) in [7, 11) is 2.94. The molecule has 1 aromatic rings. The van der Waals surface area contributed by atoms with Crippen molar-refractivity contribution in [2.75, 3.05) is 19.5 Å². The van der Waals surface area contributed by atoms with E-state index in [1.807, 2.05) is 0 Å². The normalized spacial score (nSPS) is 9.17. The molecule has 0 fully saturated rings. The summed E-state index contributed by atoms with van der Waals surface area (Å²) in [6.07, 6.45) is 0. The standard InChI is InChI=1S/C5H9N5O2/c1-6-4(11)7-3-8-5(12-2)10-9-3/h1-2H3,(H3,6,7,8,9,10,11). The van der Waals surface area contributed by atoms with Gasteiger partial charge in [0.25, 0.3) is 0 Å². The second kappa shape index (κ2) is 3.56. The van der Waals surface area contributed by atoms with E-state index < -0.39 is 0 Å². The molecule has 0 aliphatic heterocycles. The Hall–Kier alpha value is -1.79. The van der Waals surface area contributed by atoms with Crippen LogP contribution in [0.3, 0.4) is 0 Å². The van der Waals surface area contributed by atoms with E-state index in [0.29, 0.717) is 0 Å². The summed E-state index contributed by atoms with van der Waals surface area (Å²) in [5, 5.41) is 10.8. The minimum Gasteiger partial charge on any atom is -0.466 e. The van der Waals surface area contributed by atoms with Crippen molar-refractivity contribution in [1.29, 1.82) is 0 Å². The summed E-state index contributed by atoms with van der Waals surface area (Å²) in [5.74, 6) is 0.242. The molecule has 7 heteroatoms. The zero-order valence-electron chi connectivity index (χ0n) is 6.71. The molecular formula is C5H9N5O2. The molecule has 0 aliphatic carbocycles. The number of aromatic nitrogens is 3. The van der Waals surface area contributed by atoms with Crippen LogP contribution in [0.5, 0.6) is 6.01 Å². The molecule has 0 saturated heterocycles. The first-order chi connectivity index (χ1) is 5.76. The van der Waals surface area contributed by atoms with Crippen molar-refractivity contribution in [3.63, 3.8) is 0 Å². The lowest BCUT2D eigenvalue weighted by Crippen LogP contribution is -2.25. The zero-order valence-corrected chi connectivity index (χ0v) is 6.71. The number of carbonyl (C=O) groups is 1. The first-order valence-electron chi connectivity index (χ1n) is 3.21. The van der Waals surface area contributed by atoms with Gasteiger partial charge in [-0.25, -0.2) is 9.89 Å². The fourth-order valence-corrected chi connectivity index (χ4v) is 0.564. The Kier molecular flexibility index (Phi) is 2.46. The number of rotatable bonds is 2. The molecular weight excluding hydrogens is 162 g/mol. The monoisotopic (exact) mass is 171 g/mol. The molecule has 3 N–H and O–H groups in total. The number of H-pyrrole nitrogens is 1. The maximum absolute atomic E-state index is 10.7. The van der Waals surface area contributed by atoms with Gasteiger partial charge < -0.3 is 10.1 Å². The largest absolute Gasteiger partial charge is 0.466 e. The van der Waals surface area contributed by atoms with Crippen molar-refractivity contribution in [3.05, 3.63) is 0 Å². The number of ether oxygens (including phenoxy) is 1. The molecule has 0 aliphatic rings. The Bertz CT molecular complexity index is 271. The number of amides is 2. The van der Waals surface area contributed by atoms with Crippen molar-refractivity contribution >= 4 is 12.0 Å². The van der Waals surface area contributed by atoms with E-state index >= 15 is 0 Å². The fourth-order valence-electron chi connectivity index (χ4n) is 0.564. The lowest BCUT2D eigenvalue weighted by atomic mass is 10.9. The molecule has 2 amide bonds. The Labute approximate surface area is 68.5 Å². The number of nitrogens with one attached hydrogen (secondary N) is 3. The maximum Gasteiger partial charge on any atom is 0.336 e. The summed E-state index contributed by atoms with van der Waals surface area (Å²) < 4.78 is 4.68. The lowest BCUT2D eigenvalue weighted by Gasteiger charge is -1.96. The van der Waals surface area contributed by atoms with Crippen molar-refractivity contribution in [3.8, 4) is 6.01 Å². The second-order valence-electron chi connectivity index (χ2n) is 1.87. The first-order valence-corrected chi connectivity index (χ1v) is 3.21. The maximum atomic E-state index is 10.7. The quantitative estimate of drug-likeness (QED) is 0.562. The van der Waals surface area contributed by atoms with Gasteiger partial charge in [0.2, 0.25) is 5.95 Å². The van der Waals surface area contributed by atoms with E-state index in [-0.39, 0.29) is 18.0 Å². The number of hydrogen-bond acceptors (Lipinski definition) is 4. The third-order valence-corrected chi connectivity index (χ3v) is 1.11.